The Morgan fingerprint density at radius 2 is 1.88 bits per heavy atom. The normalized spacial score (nSPS) is 32.3. The van der Waals surface area contributed by atoms with Gasteiger partial charge in [0.05, 0.1) is 19.8 Å². The maximum Gasteiger partial charge on any atom is 0.336 e. The van der Waals surface area contributed by atoms with Crippen LogP contribution in [0.1, 0.15) is 0 Å². The van der Waals surface area contributed by atoms with E-state index in [9.17, 15) is 15.0 Å². The molecule has 1 aromatic carbocycles. The summed E-state index contributed by atoms with van der Waals surface area (Å²) in [5.74, 6) is 0.359. The van der Waals surface area contributed by atoms with Gasteiger partial charge in [0.15, 0.2) is 0 Å². The van der Waals surface area contributed by atoms with Gasteiger partial charge in [-0.15, -0.1) is 0 Å². The molecule has 8 heteroatoms. The molecule has 0 amide bonds. The number of fused-ring (bicyclic) bond motifs is 2. The van der Waals surface area contributed by atoms with Crippen molar-refractivity contribution < 1.29 is 33.6 Å². The first-order valence-corrected chi connectivity index (χ1v) is 8.04. The van der Waals surface area contributed by atoms with Gasteiger partial charge in [0.25, 0.3) is 0 Å². The first-order valence-electron chi connectivity index (χ1n) is 8.04. The summed E-state index contributed by atoms with van der Waals surface area (Å²) in [6.07, 6.45) is -4.01. The Morgan fingerprint density at radius 1 is 1.12 bits per heavy atom. The van der Waals surface area contributed by atoms with Crippen LogP contribution in [0.25, 0.3) is 11.0 Å². The highest BCUT2D eigenvalue weighted by Crippen LogP contribution is 2.30. The average molecular weight is 350 g/mol. The third-order valence-corrected chi connectivity index (χ3v) is 4.35. The molecular formula is C17H18O8. The predicted molar refractivity (Wildman–Crippen MR) is 84.3 cm³/mol. The number of benzene rings is 1. The maximum absolute atomic E-state index is 11.3. The minimum Gasteiger partial charge on any atom is -0.462 e. The fourth-order valence-electron chi connectivity index (χ4n) is 3.15. The molecule has 3 heterocycles. The Balaban J connectivity index is 1.57. The van der Waals surface area contributed by atoms with Crippen LogP contribution in [0.5, 0.6) is 5.75 Å². The van der Waals surface area contributed by atoms with Gasteiger partial charge < -0.3 is 33.6 Å². The minimum absolute atomic E-state index is 0.288. The molecular weight excluding hydrogens is 332 g/mol. The van der Waals surface area contributed by atoms with Crippen molar-refractivity contribution >= 4 is 11.0 Å². The molecule has 2 fully saturated rings. The lowest BCUT2D eigenvalue weighted by atomic mass is 9.98. The van der Waals surface area contributed by atoms with Gasteiger partial charge in [0.2, 0.25) is 6.29 Å². The summed E-state index contributed by atoms with van der Waals surface area (Å²) in [6, 6.07) is 7.94. The molecule has 0 saturated carbocycles. The Labute approximate surface area is 142 Å². The van der Waals surface area contributed by atoms with E-state index in [0.717, 1.165) is 5.39 Å². The summed E-state index contributed by atoms with van der Waals surface area (Å²) in [5, 5.41) is 20.8. The smallest absolute Gasteiger partial charge is 0.336 e. The quantitative estimate of drug-likeness (QED) is 0.747. The molecule has 0 spiro atoms. The summed E-state index contributed by atoms with van der Waals surface area (Å²) in [6.45, 7) is 0.441. The summed E-state index contributed by atoms with van der Waals surface area (Å²) >= 11 is 0. The van der Waals surface area contributed by atoms with E-state index in [1.54, 1.807) is 24.3 Å². The second kappa shape index (κ2) is 6.74. The fraction of sp³-hybridized carbons (Fsp3) is 0.471. The second-order valence-corrected chi connectivity index (χ2v) is 5.96. The van der Waals surface area contributed by atoms with Gasteiger partial charge in [-0.25, -0.2) is 4.79 Å². The molecule has 25 heavy (non-hydrogen) atoms. The van der Waals surface area contributed by atoms with E-state index in [1.165, 1.54) is 6.07 Å². The molecule has 2 aliphatic rings. The van der Waals surface area contributed by atoms with Crippen LogP contribution in [0.3, 0.4) is 0 Å². The van der Waals surface area contributed by atoms with Crippen LogP contribution in [-0.4, -0.2) is 60.7 Å². The third-order valence-electron chi connectivity index (χ3n) is 4.35. The van der Waals surface area contributed by atoms with Crippen LogP contribution in [0.4, 0.5) is 0 Å². The van der Waals surface area contributed by atoms with Crippen molar-refractivity contribution in [2.24, 2.45) is 0 Å². The van der Waals surface area contributed by atoms with Crippen LogP contribution in [0.2, 0.25) is 0 Å². The first-order chi connectivity index (χ1) is 12.2. The zero-order valence-corrected chi connectivity index (χ0v) is 13.2. The molecule has 2 aromatic rings. The van der Waals surface area contributed by atoms with E-state index < -0.39 is 36.3 Å². The first kappa shape index (κ1) is 16.5. The third kappa shape index (κ3) is 3.14. The minimum atomic E-state index is -1.09. The van der Waals surface area contributed by atoms with Crippen LogP contribution in [-0.2, 0) is 14.2 Å². The van der Waals surface area contributed by atoms with Crippen LogP contribution in [0, 0.1) is 0 Å². The Hall–Kier alpha value is -1.97. The van der Waals surface area contributed by atoms with Crippen molar-refractivity contribution in [2.45, 2.75) is 30.7 Å². The van der Waals surface area contributed by atoms with Crippen LogP contribution >= 0.6 is 0 Å². The van der Waals surface area contributed by atoms with Crippen molar-refractivity contribution in [3.05, 3.63) is 40.8 Å². The summed E-state index contributed by atoms with van der Waals surface area (Å²) in [4.78, 5) is 11.3. The largest absolute Gasteiger partial charge is 0.462 e. The molecule has 2 N–H and O–H groups in total. The van der Waals surface area contributed by atoms with Crippen molar-refractivity contribution in [3.63, 3.8) is 0 Å². The SMILES string of the molecule is O=c1ccc2ccc(O[C@H]3O[C@H](CO)[C@H]4OCCO[C@H]4[C@H]3O)cc2o1. The number of hydrogen-bond donors (Lipinski definition) is 2. The van der Waals surface area contributed by atoms with E-state index in [2.05, 4.69) is 0 Å². The topological polar surface area (TPSA) is 108 Å². The van der Waals surface area contributed by atoms with Crippen LogP contribution < -0.4 is 10.4 Å². The molecule has 134 valence electrons. The van der Waals surface area contributed by atoms with E-state index in [-0.39, 0.29) is 6.61 Å². The lowest BCUT2D eigenvalue weighted by Gasteiger charge is -2.45. The van der Waals surface area contributed by atoms with Crippen molar-refractivity contribution in [3.8, 4) is 5.75 Å². The number of hydrogen-bond acceptors (Lipinski definition) is 8. The monoisotopic (exact) mass is 350 g/mol. The van der Waals surface area contributed by atoms with Crippen molar-refractivity contribution in [1.82, 2.24) is 0 Å². The summed E-state index contributed by atoms with van der Waals surface area (Å²) < 4.78 is 27.6. The van der Waals surface area contributed by atoms with Crippen molar-refractivity contribution in [2.75, 3.05) is 19.8 Å². The second-order valence-electron chi connectivity index (χ2n) is 5.96. The van der Waals surface area contributed by atoms with Gasteiger partial charge in [-0.2, -0.15) is 0 Å². The molecule has 0 bridgehead atoms. The van der Waals surface area contributed by atoms with Gasteiger partial charge in [-0.1, -0.05) is 0 Å². The maximum atomic E-state index is 11.3. The summed E-state index contributed by atoms with van der Waals surface area (Å²) in [7, 11) is 0. The highest BCUT2D eigenvalue weighted by molar-refractivity contribution is 5.77. The molecule has 0 radical (unpaired) electrons. The van der Waals surface area contributed by atoms with Crippen molar-refractivity contribution in [1.29, 1.82) is 0 Å². The molecule has 1 aromatic heterocycles. The van der Waals surface area contributed by atoms with E-state index in [0.29, 0.717) is 24.5 Å². The highest BCUT2D eigenvalue weighted by atomic mass is 16.7. The average Bonchev–Trinajstić information content (AvgIpc) is 2.64. The number of rotatable bonds is 3. The molecule has 8 nitrogen and oxygen atoms in total. The zero-order valence-electron chi connectivity index (χ0n) is 13.2. The van der Waals surface area contributed by atoms with Gasteiger partial charge in [-0.05, 0) is 18.2 Å². The van der Waals surface area contributed by atoms with Gasteiger partial charge in [-0.3, -0.25) is 0 Å². The molecule has 0 aliphatic carbocycles. The van der Waals surface area contributed by atoms with Gasteiger partial charge >= 0.3 is 5.63 Å². The number of aliphatic hydroxyl groups excluding tert-OH is 2. The van der Waals surface area contributed by atoms with E-state index >= 15 is 0 Å². The van der Waals surface area contributed by atoms with Crippen LogP contribution in [0.15, 0.2) is 39.5 Å². The Kier molecular flexibility index (Phi) is 4.45. The molecule has 0 unspecified atom stereocenters. The lowest BCUT2D eigenvalue weighted by Crippen LogP contribution is -2.63. The fourth-order valence-corrected chi connectivity index (χ4v) is 3.15. The Bertz CT molecular complexity index is 803. The lowest BCUT2D eigenvalue weighted by molar-refractivity contribution is -0.313. The van der Waals surface area contributed by atoms with Gasteiger partial charge in [0, 0.05) is 17.5 Å². The van der Waals surface area contributed by atoms with E-state index in [1.807, 2.05) is 0 Å². The number of ether oxygens (including phenoxy) is 4. The van der Waals surface area contributed by atoms with Gasteiger partial charge in [0.1, 0.15) is 35.7 Å². The predicted octanol–water partition coefficient (Wildman–Crippen LogP) is 0.0339. The zero-order chi connectivity index (χ0) is 17.4. The molecule has 2 saturated heterocycles. The highest BCUT2D eigenvalue weighted by Gasteiger charge is 2.49. The van der Waals surface area contributed by atoms with E-state index in [4.69, 9.17) is 23.4 Å². The number of aliphatic hydroxyl groups is 2. The Morgan fingerprint density at radius 3 is 2.68 bits per heavy atom. The molecule has 4 rings (SSSR count). The standard InChI is InChI=1S/C17H18O8/c18-8-12-15-16(22-6-5-21-15)14(20)17(25-12)23-10-3-1-9-2-4-13(19)24-11(9)7-10/h1-4,7,12,14-18,20H,5-6,8H2/t12-,14-,15-,16+,17+/m1/s1. The molecule has 2 aliphatic heterocycles. The molecule has 5 atom stereocenters. The summed E-state index contributed by atoms with van der Waals surface area (Å²) in [5.41, 5.74) is -0.0984.